The number of para-hydroxylation sites is 1. The van der Waals surface area contributed by atoms with Gasteiger partial charge in [0.15, 0.2) is 11.5 Å². The van der Waals surface area contributed by atoms with Gasteiger partial charge < -0.3 is 14.6 Å². The van der Waals surface area contributed by atoms with Gasteiger partial charge in [0.05, 0.1) is 6.61 Å². The van der Waals surface area contributed by atoms with Crippen molar-refractivity contribution in [2.24, 2.45) is 0 Å². The van der Waals surface area contributed by atoms with E-state index in [0.717, 1.165) is 22.6 Å². The fourth-order valence-electron chi connectivity index (χ4n) is 1.90. The van der Waals surface area contributed by atoms with Crippen LogP contribution in [0.1, 0.15) is 18.1 Å². The van der Waals surface area contributed by atoms with E-state index in [4.69, 9.17) is 9.47 Å². The first-order valence-corrected chi connectivity index (χ1v) is 7.58. The molecule has 0 saturated carbocycles. The fraction of sp³-hybridized carbons (Fsp3) is 0.250. The van der Waals surface area contributed by atoms with Crippen molar-refractivity contribution in [3.8, 4) is 17.2 Å². The highest BCUT2D eigenvalue weighted by atomic mass is 79.9. The molecule has 106 valence electrons. The maximum Gasteiger partial charge on any atom is 0.165 e. The zero-order chi connectivity index (χ0) is 14.4. The highest BCUT2D eigenvalue weighted by Gasteiger charge is 2.10. The predicted molar refractivity (Wildman–Crippen MR) is 82.7 cm³/mol. The average molecular weight is 337 g/mol. The van der Waals surface area contributed by atoms with Crippen molar-refractivity contribution in [1.29, 1.82) is 0 Å². The first kappa shape index (κ1) is 14.7. The molecule has 0 heterocycles. The number of rotatable bonds is 6. The third kappa shape index (κ3) is 3.67. The molecule has 0 atom stereocenters. The third-order valence-electron chi connectivity index (χ3n) is 2.80. The number of ether oxygens (including phenoxy) is 2. The second-order valence-electron chi connectivity index (χ2n) is 4.27. The minimum atomic E-state index is 0.241. The van der Waals surface area contributed by atoms with Crippen LogP contribution < -0.4 is 9.47 Å². The van der Waals surface area contributed by atoms with Crippen molar-refractivity contribution >= 4 is 15.9 Å². The molecule has 0 aromatic heterocycles. The Morgan fingerprint density at radius 3 is 2.60 bits per heavy atom. The lowest BCUT2D eigenvalue weighted by atomic mass is 10.2. The van der Waals surface area contributed by atoms with Crippen LogP contribution in [0.4, 0.5) is 0 Å². The van der Waals surface area contributed by atoms with Crippen molar-refractivity contribution < 1.29 is 14.6 Å². The van der Waals surface area contributed by atoms with Gasteiger partial charge in [0.1, 0.15) is 12.4 Å². The lowest BCUT2D eigenvalue weighted by Gasteiger charge is -2.15. The van der Waals surface area contributed by atoms with E-state index < -0.39 is 0 Å². The summed E-state index contributed by atoms with van der Waals surface area (Å²) in [5, 5.41) is 10.2. The second-order valence-corrected chi connectivity index (χ2v) is 4.83. The molecule has 0 saturated heterocycles. The van der Waals surface area contributed by atoms with E-state index in [-0.39, 0.29) is 5.75 Å². The molecule has 2 rings (SSSR count). The highest BCUT2D eigenvalue weighted by molar-refractivity contribution is 9.08. The van der Waals surface area contributed by atoms with Gasteiger partial charge in [0.25, 0.3) is 0 Å². The van der Waals surface area contributed by atoms with Crippen LogP contribution in [0.25, 0.3) is 0 Å². The van der Waals surface area contributed by atoms with Crippen molar-refractivity contribution in [1.82, 2.24) is 0 Å². The van der Waals surface area contributed by atoms with E-state index in [1.807, 2.05) is 31.2 Å². The van der Waals surface area contributed by atoms with Gasteiger partial charge in [-0.05, 0) is 30.7 Å². The molecule has 4 heteroatoms. The van der Waals surface area contributed by atoms with E-state index in [1.54, 1.807) is 18.2 Å². The summed E-state index contributed by atoms with van der Waals surface area (Å²) in [6.45, 7) is 2.92. The Hall–Kier alpha value is -1.68. The summed E-state index contributed by atoms with van der Waals surface area (Å²) in [4.78, 5) is 0. The van der Waals surface area contributed by atoms with Crippen molar-refractivity contribution in [2.75, 3.05) is 6.61 Å². The molecule has 2 aromatic rings. The number of phenolic OH excluding ortho intramolecular Hbond substituents is 1. The van der Waals surface area contributed by atoms with E-state index >= 15 is 0 Å². The molecule has 20 heavy (non-hydrogen) atoms. The van der Waals surface area contributed by atoms with Gasteiger partial charge in [-0.1, -0.05) is 40.2 Å². The number of phenols is 1. The molecule has 0 bridgehead atoms. The van der Waals surface area contributed by atoms with E-state index in [0.29, 0.717) is 18.5 Å². The highest BCUT2D eigenvalue weighted by Crippen LogP contribution is 2.33. The molecule has 0 fully saturated rings. The maximum absolute atomic E-state index is 9.46. The summed E-state index contributed by atoms with van der Waals surface area (Å²) in [6, 6.07) is 12.9. The van der Waals surface area contributed by atoms with Crippen LogP contribution in [0.15, 0.2) is 42.5 Å². The molecule has 0 aliphatic carbocycles. The SMILES string of the molecule is CCOc1cccc(CBr)c1OCc1cccc(O)c1. The molecular formula is C16H17BrO3. The number of aromatic hydroxyl groups is 1. The largest absolute Gasteiger partial charge is 0.508 e. The van der Waals surface area contributed by atoms with E-state index in [2.05, 4.69) is 15.9 Å². The molecule has 1 N–H and O–H groups in total. The summed E-state index contributed by atoms with van der Waals surface area (Å²) < 4.78 is 11.5. The summed E-state index contributed by atoms with van der Waals surface area (Å²) >= 11 is 3.46. The Morgan fingerprint density at radius 1 is 1.10 bits per heavy atom. The first-order valence-electron chi connectivity index (χ1n) is 6.46. The lowest BCUT2D eigenvalue weighted by molar-refractivity contribution is 0.267. The van der Waals surface area contributed by atoms with Gasteiger partial charge in [0, 0.05) is 10.9 Å². The number of hydrogen-bond donors (Lipinski definition) is 1. The van der Waals surface area contributed by atoms with Gasteiger partial charge in [-0.2, -0.15) is 0 Å². The number of benzene rings is 2. The molecule has 2 aromatic carbocycles. The monoisotopic (exact) mass is 336 g/mol. The Labute approximate surface area is 127 Å². The predicted octanol–water partition coefficient (Wildman–Crippen LogP) is 4.26. The zero-order valence-corrected chi connectivity index (χ0v) is 12.9. The van der Waals surface area contributed by atoms with E-state index in [1.165, 1.54) is 0 Å². The topological polar surface area (TPSA) is 38.7 Å². The van der Waals surface area contributed by atoms with Crippen LogP contribution >= 0.6 is 15.9 Å². The van der Waals surface area contributed by atoms with Gasteiger partial charge in [0.2, 0.25) is 0 Å². The quantitative estimate of drug-likeness (QED) is 0.801. The Bertz CT molecular complexity index is 569. The molecular weight excluding hydrogens is 320 g/mol. The van der Waals surface area contributed by atoms with Gasteiger partial charge in [-0.25, -0.2) is 0 Å². The number of hydrogen-bond acceptors (Lipinski definition) is 3. The van der Waals surface area contributed by atoms with Gasteiger partial charge >= 0.3 is 0 Å². The molecule has 0 aliphatic heterocycles. The molecule has 0 aliphatic rings. The Kier molecular flexibility index (Phi) is 5.30. The maximum atomic E-state index is 9.46. The van der Waals surface area contributed by atoms with Gasteiger partial charge in [-0.3, -0.25) is 0 Å². The second kappa shape index (κ2) is 7.20. The lowest BCUT2D eigenvalue weighted by Crippen LogP contribution is -2.02. The Morgan fingerprint density at radius 2 is 1.90 bits per heavy atom. The number of halogens is 1. The normalized spacial score (nSPS) is 10.3. The zero-order valence-electron chi connectivity index (χ0n) is 11.3. The molecule has 0 unspecified atom stereocenters. The van der Waals surface area contributed by atoms with Gasteiger partial charge in [-0.15, -0.1) is 0 Å². The van der Waals surface area contributed by atoms with E-state index in [9.17, 15) is 5.11 Å². The minimum Gasteiger partial charge on any atom is -0.508 e. The standard InChI is InChI=1S/C16H17BrO3/c1-2-19-15-8-4-6-13(10-17)16(15)20-11-12-5-3-7-14(18)9-12/h3-9,18H,2,10-11H2,1H3. The van der Waals surface area contributed by atoms with Crippen molar-refractivity contribution in [3.63, 3.8) is 0 Å². The van der Waals surface area contributed by atoms with Crippen LogP contribution in [0, 0.1) is 0 Å². The van der Waals surface area contributed by atoms with Crippen LogP contribution in [-0.4, -0.2) is 11.7 Å². The summed E-state index contributed by atoms with van der Waals surface area (Å²) in [6.07, 6.45) is 0. The molecule has 3 nitrogen and oxygen atoms in total. The average Bonchev–Trinajstić information content (AvgIpc) is 2.46. The summed E-state index contributed by atoms with van der Waals surface area (Å²) in [5.74, 6) is 1.73. The van der Waals surface area contributed by atoms with Crippen molar-refractivity contribution in [2.45, 2.75) is 18.9 Å². The van der Waals surface area contributed by atoms with Crippen LogP contribution in [0.3, 0.4) is 0 Å². The number of alkyl halides is 1. The summed E-state index contributed by atoms with van der Waals surface area (Å²) in [7, 11) is 0. The molecule has 0 spiro atoms. The van der Waals surface area contributed by atoms with Crippen LogP contribution in [0.5, 0.6) is 17.2 Å². The molecule has 0 amide bonds. The fourth-order valence-corrected chi connectivity index (χ4v) is 2.34. The third-order valence-corrected chi connectivity index (χ3v) is 3.40. The summed E-state index contributed by atoms with van der Waals surface area (Å²) in [5.41, 5.74) is 1.95. The van der Waals surface area contributed by atoms with Crippen LogP contribution in [0.2, 0.25) is 0 Å². The minimum absolute atomic E-state index is 0.241. The first-order chi connectivity index (χ1) is 9.74. The Balaban J connectivity index is 2.19. The smallest absolute Gasteiger partial charge is 0.165 e. The van der Waals surface area contributed by atoms with Crippen molar-refractivity contribution in [3.05, 3.63) is 53.6 Å². The molecule has 0 radical (unpaired) electrons. The van der Waals surface area contributed by atoms with Crippen LogP contribution in [-0.2, 0) is 11.9 Å².